The summed E-state index contributed by atoms with van der Waals surface area (Å²) in [6.07, 6.45) is 4.60. The van der Waals surface area contributed by atoms with E-state index < -0.39 is 0 Å². The molecule has 1 fully saturated rings. The minimum atomic E-state index is 0.259. The Balaban J connectivity index is 1.67. The van der Waals surface area contributed by atoms with Crippen molar-refractivity contribution in [2.24, 2.45) is 5.73 Å². The maximum atomic E-state index is 6.22. The van der Waals surface area contributed by atoms with Crippen LogP contribution in [0.25, 0.3) is 0 Å². The van der Waals surface area contributed by atoms with E-state index in [4.69, 9.17) is 26.8 Å². The molecule has 0 amide bonds. The van der Waals surface area contributed by atoms with Crippen LogP contribution >= 0.6 is 11.6 Å². The number of hydrogen-bond acceptors (Lipinski definition) is 4. The zero-order valence-electron chi connectivity index (χ0n) is 11.8. The molecule has 0 radical (unpaired) electrons. The molecule has 5 heteroatoms. The fraction of sp³-hybridized carbons (Fsp3) is 0.600. The lowest BCUT2D eigenvalue weighted by molar-refractivity contribution is 0.172. The summed E-state index contributed by atoms with van der Waals surface area (Å²) in [6.45, 7) is 1.13. The summed E-state index contributed by atoms with van der Waals surface area (Å²) >= 11 is 6.22. The topological polar surface area (TPSA) is 47.7 Å². The summed E-state index contributed by atoms with van der Waals surface area (Å²) in [5.74, 6) is 1.42. The molecule has 1 aliphatic carbocycles. The first-order valence-electron chi connectivity index (χ1n) is 7.17. The van der Waals surface area contributed by atoms with E-state index in [0.717, 1.165) is 30.7 Å². The lowest BCUT2D eigenvalue weighted by Crippen LogP contribution is -2.38. The molecule has 0 atom stereocenters. The van der Waals surface area contributed by atoms with Crippen molar-refractivity contribution < 1.29 is 9.47 Å². The van der Waals surface area contributed by atoms with E-state index in [9.17, 15) is 0 Å². The number of ether oxygens (including phenoxy) is 2. The van der Waals surface area contributed by atoms with E-state index in [0.29, 0.717) is 22.9 Å². The molecular formula is C15H21ClN2O2. The lowest BCUT2D eigenvalue weighted by atomic mass is 9.91. The SMILES string of the molecule is CN(Cc1cc(Cl)c2c(c1)OCO2)C1CCC(N)CC1. The van der Waals surface area contributed by atoms with Crippen molar-refractivity contribution in [2.45, 2.75) is 44.3 Å². The minimum absolute atomic E-state index is 0.259. The Morgan fingerprint density at radius 2 is 2.00 bits per heavy atom. The van der Waals surface area contributed by atoms with Gasteiger partial charge in [0.1, 0.15) is 0 Å². The molecular weight excluding hydrogens is 276 g/mol. The van der Waals surface area contributed by atoms with Gasteiger partial charge in [0, 0.05) is 18.6 Å². The van der Waals surface area contributed by atoms with Gasteiger partial charge in [-0.1, -0.05) is 11.6 Å². The number of nitrogens with two attached hydrogens (primary N) is 1. The molecule has 0 aromatic heterocycles. The first-order valence-corrected chi connectivity index (χ1v) is 7.55. The number of nitrogens with zero attached hydrogens (tertiary/aromatic N) is 1. The van der Waals surface area contributed by atoms with Crippen LogP contribution in [0.3, 0.4) is 0 Å². The Bertz CT molecular complexity index is 487. The van der Waals surface area contributed by atoms with Crippen LogP contribution in [0, 0.1) is 0 Å². The zero-order chi connectivity index (χ0) is 14.1. The molecule has 2 N–H and O–H groups in total. The van der Waals surface area contributed by atoms with Crippen LogP contribution in [0.5, 0.6) is 11.5 Å². The fourth-order valence-electron chi connectivity index (χ4n) is 3.07. The molecule has 1 heterocycles. The number of benzene rings is 1. The summed E-state index contributed by atoms with van der Waals surface area (Å²) in [5.41, 5.74) is 7.13. The first-order chi connectivity index (χ1) is 9.63. The van der Waals surface area contributed by atoms with E-state index in [1.807, 2.05) is 12.1 Å². The summed E-state index contributed by atoms with van der Waals surface area (Å²) in [6, 6.07) is 5.00. The monoisotopic (exact) mass is 296 g/mol. The van der Waals surface area contributed by atoms with Gasteiger partial charge in [0.15, 0.2) is 11.5 Å². The molecule has 0 spiro atoms. The van der Waals surface area contributed by atoms with Gasteiger partial charge in [-0.05, 0) is 50.4 Å². The molecule has 3 rings (SSSR count). The van der Waals surface area contributed by atoms with E-state index in [2.05, 4.69) is 11.9 Å². The Hall–Kier alpha value is -0.970. The normalized spacial score (nSPS) is 25.2. The summed E-state index contributed by atoms with van der Waals surface area (Å²) in [5, 5.41) is 0.633. The second kappa shape index (κ2) is 5.80. The van der Waals surface area contributed by atoms with Gasteiger partial charge in [0.2, 0.25) is 6.79 Å². The minimum Gasteiger partial charge on any atom is -0.454 e. The standard InChI is InChI=1S/C15H21ClN2O2/c1-18(12-4-2-11(17)3-5-12)8-10-6-13(16)15-14(7-10)19-9-20-15/h6-7,11-12H,2-5,8-9,17H2,1H3. The molecule has 1 aromatic rings. The summed E-state index contributed by atoms with van der Waals surface area (Å²) in [7, 11) is 2.17. The van der Waals surface area contributed by atoms with Gasteiger partial charge in [-0.15, -0.1) is 0 Å². The largest absolute Gasteiger partial charge is 0.454 e. The van der Waals surface area contributed by atoms with Gasteiger partial charge in [-0.2, -0.15) is 0 Å². The van der Waals surface area contributed by atoms with Crippen molar-refractivity contribution in [3.63, 3.8) is 0 Å². The average Bonchev–Trinajstić information content (AvgIpc) is 2.88. The molecule has 1 saturated carbocycles. The molecule has 1 aliphatic heterocycles. The third-order valence-corrected chi connectivity index (χ3v) is 4.56. The van der Waals surface area contributed by atoms with Crippen LogP contribution in [0.2, 0.25) is 5.02 Å². The smallest absolute Gasteiger partial charge is 0.231 e. The number of fused-ring (bicyclic) bond motifs is 1. The highest BCUT2D eigenvalue weighted by atomic mass is 35.5. The second-order valence-electron chi connectivity index (χ2n) is 5.80. The predicted molar refractivity (Wildman–Crippen MR) is 79.3 cm³/mol. The first kappa shape index (κ1) is 14.0. The molecule has 0 bridgehead atoms. The molecule has 1 aromatic carbocycles. The Morgan fingerprint density at radius 3 is 2.75 bits per heavy atom. The number of halogens is 1. The van der Waals surface area contributed by atoms with Crippen LogP contribution in [-0.4, -0.2) is 30.8 Å². The average molecular weight is 297 g/mol. The Labute approximate surface area is 124 Å². The van der Waals surface area contributed by atoms with Crippen molar-refractivity contribution in [3.8, 4) is 11.5 Å². The van der Waals surface area contributed by atoms with Crippen LogP contribution < -0.4 is 15.2 Å². The highest BCUT2D eigenvalue weighted by molar-refractivity contribution is 6.32. The van der Waals surface area contributed by atoms with E-state index in [-0.39, 0.29) is 6.79 Å². The van der Waals surface area contributed by atoms with Crippen molar-refractivity contribution in [1.82, 2.24) is 4.90 Å². The quantitative estimate of drug-likeness (QED) is 0.932. The van der Waals surface area contributed by atoms with Crippen molar-refractivity contribution in [1.29, 1.82) is 0 Å². The molecule has 0 unspecified atom stereocenters. The maximum Gasteiger partial charge on any atom is 0.231 e. The third-order valence-electron chi connectivity index (χ3n) is 4.28. The van der Waals surface area contributed by atoms with E-state index >= 15 is 0 Å². The molecule has 0 saturated heterocycles. The zero-order valence-corrected chi connectivity index (χ0v) is 12.5. The maximum absolute atomic E-state index is 6.22. The Morgan fingerprint density at radius 1 is 1.25 bits per heavy atom. The number of hydrogen-bond donors (Lipinski definition) is 1. The van der Waals surface area contributed by atoms with Crippen LogP contribution in [0.15, 0.2) is 12.1 Å². The van der Waals surface area contributed by atoms with E-state index in [1.165, 1.54) is 12.8 Å². The summed E-state index contributed by atoms with van der Waals surface area (Å²) in [4.78, 5) is 2.39. The van der Waals surface area contributed by atoms with Crippen LogP contribution in [0.1, 0.15) is 31.2 Å². The van der Waals surface area contributed by atoms with Gasteiger partial charge < -0.3 is 15.2 Å². The fourth-order valence-corrected chi connectivity index (χ4v) is 3.36. The molecule has 4 nitrogen and oxygen atoms in total. The molecule has 110 valence electrons. The predicted octanol–water partition coefficient (Wildman–Crippen LogP) is 2.77. The van der Waals surface area contributed by atoms with Gasteiger partial charge >= 0.3 is 0 Å². The van der Waals surface area contributed by atoms with Crippen molar-refractivity contribution in [2.75, 3.05) is 13.8 Å². The van der Waals surface area contributed by atoms with Crippen molar-refractivity contribution >= 4 is 11.6 Å². The molecule has 2 aliphatic rings. The van der Waals surface area contributed by atoms with Crippen LogP contribution in [0.4, 0.5) is 0 Å². The Kier molecular flexibility index (Phi) is 4.06. The van der Waals surface area contributed by atoms with Gasteiger partial charge in [-0.25, -0.2) is 0 Å². The lowest BCUT2D eigenvalue weighted by Gasteiger charge is -2.33. The van der Waals surface area contributed by atoms with Crippen LogP contribution in [-0.2, 0) is 6.54 Å². The van der Waals surface area contributed by atoms with Crippen molar-refractivity contribution in [3.05, 3.63) is 22.7 Å². The highest BCUT2D eigenvalue weighted by Crippen LogP contribution is 2.40. The third kappa shape index (κ3) is 2.87. The summed E-state index contributed by atoms with van der Waals surface area (Å²) < 4.78 is 10.8. The van der Waals surface area contributed by atoms with E-state index in [1.54, 1.807) is 0 Å². The van der Waals surface area contributed by atoms with Gasteiger partial charge in [0.05, 0.1) is 5.02 Å². The highest BCUT2D eigenvalue weighted by Gasteiger charge is 2.23. The second-order valence-corrected chi connectivity index (χ2v) is 6.20. The van der Waals surface area contributed by atoms with Gasteiger partial charge in [-0.3, -0.25) is 4.90 Å². The van der Waals surface area contributed by atoms with Gasteiger partial charge in [0.25, 0.3) is 0 Å². The molecule has 20 heavy (non-hydrogen) atoms. The number of rotatable bonds is 3.